The summed E-state index contributed by atoms with van der Waals surface area (Å²) in [7, 11) is 0. The van der Waals surface area contributed by atoms with Gasteiger partial charge in [0.05, 0.1) is 16.6 Å². The minimum absolute atomic E-state index is 0.137. The monoisotopic (exact) mass is 594 g/mol. The van der Waals surface area contributed by atoms with E-state index in [1.807, 2.05) is 11.8 Å². The second-order valence-electron chi connectivity index (χ2n) is 12.5. The minimum Gasteiger partial charge on any atom is -0.228 e. The summed E-state index contributed by atoms with van der Waals surface area (Å²) in [5.41, 5.74) is 11.5. The molecule has 0 radical (unpaired) electrons. The first-order valence-corrected chi connectivity index (χ1v) is 16.3. The number of aromatic nitrogens is 2. The summed E-state index contributed by atoms with van der Waals surface area (Å²) in [5.74, 6) is 0.754. The van der Waals surface area contributed by atoms with E-state index in [0.29, 0.717) is 0 Å². The molecule has 2 aliphatic rings. The van der Waals surface area contributed by atoms with Crippen LogP contribution in [0.15, 0.2) is 155 Å². The first-order chi connectivity index (χ1) is 22.1. The molecule has 1 spiro atoms. The Hall–Kier alpha value is -4.99. The third kappa shape index (κ3) is 3.65. The largest absolute Gasteiger partial charge is 0.228 e. The van der Waals surface area contributed by atoms with Crippen LogP contribution in [-0.4, -0.2) is 9.97 Å². The van der Waals surface area contributed by atoms with Gasteiger partial charge in [0, 0.05) is 31.7 Å². The third-order valence-corrected chi connectivity index (χ3v) is 11.0. The lowest BCUT2D eigenvalue weighted by atomic mass is 9.54. The summed E-state index contributed by atoms with van der Waals surface area (Å²) in [4.78, 5) is 13.0. The Morgan fingerprint density at radius 2 is 1.07 bits per heavy atom. The van der Waals surface area contributed by atoms with Crippen LogP contribution in [0.3, 0.4) is 0 Å². The molecule has 0 bridgehead atoms. The van der Waals surface area contributed by atoms with E-state index in [1.165, 1.54) is 43.2 Å². The van der Waals surface area contributed by atoms with Crippen molar-refractivity contribution in [2.45, 2.75) is 34.5 Å². The second-order valence-corrected chi connectivity index (χ2v) is 13.6. The maximum atomic E-state index is 5.33. The maximum absolute atomic E-state index is 5.33. The summed E-state index contributed by atoms with van der Waals surface area (Å²) in [6.07, 6.45) is 0. The highest BCUT2D eigenvalue weighted by Gasteiger charge is 2.52. The summed E-state index contributed by atoms with van der Waals surface area (Å²) >= 11 is 1.85. The predicted octanol–water partition coefficient (Wildman–Crippen LogP) is 10.5. The standard InChI is InChI=1S/C42H30N2S/c1-41(2)30-19-7-9-21-32(30)42(33-22-10-8-20-31(33)41)34-23-11-13-26-37(34)45-39-29(18-14-24-35(39)42)40-43-36-25-12-6-17-28(36)38(44-40)27-15-4-3-5-16-27/h3-26H,1-2H3. The lowest BCUT2D eigenvalue weighted by molar-refractivity contribution is 0.549. The zero-order valence-electron chi connectivity index (χ0n) is 25.2. The molecule has 2 nitrogen and oxygen atoms in total. The van der Waals surface area contributed by atoms with Crippen molar-refractivity contribution in [3.8, 4) is 22.6 Å². The average Bonchev–Trinajstić information content (AvgIpc) is 3.10. The molecule has 0 amide bonds. The fourth-order valence-corrected chi connectivity index (χ4v) is 9.13. The van der Waals surface area contributed by atoms with Crippen LogP contribution in [0.1, 0.15) is 47.2 Å². The molecule has 45 heavy (non-hydrogen) atoms. The molecule has 2 heterocycles. The Morgan fingerprint density at radius 1 is 0.489 bits per heavy atom. The van der Waals surface area contributed by atoms with Crippen LogP contribution in [0.25, 0.3) is 33.5 Å². The van der Waals surface area contributed by atoms with Gasteiger partial charge in [0.15, 0.2) is 5.82 Å². The predicted molar refractivity (Wildman–Crippen MR) is 185 cm³/mol. The van der Waals surface area contributed by atoms with Crippen molar-refractivity contribution >= 4 is 22.7 Å². The third-order valence-electron chi connectivity index (χ3n) is 9.82. The van der Waals surface area contributed by atoms with E-state index in [-0.39, 0.29) is 5.41 Å². The highest BCUT2D eigenvalue weighted by molar-refractivity contribution is 7.99. The molecule has 6 aromatic carbocycles. The molecule has 0 fully saturated rings. The SMILES string of the molecule is CC1(C)c2ccccc2C2(c3ccccc3Sc3c(-c4nc(-c5ccccc5)c5ccccc5n4)cccc32)c2ccccc21. The number of hydrogen-bond acceptors (Lipinski definition) is 3. The first-order valence-electron chi connectivity index (χ1n) is 15.5. The molecule has 3 heteroatoms. The fraction of sp³-hybridized carbons (Fsp3) is 0.0952. The first kappa shape index (κ1) is 26.4. The highest BCUT2D eigenvalue weighted by atomic mass is 32.2. The number of para-hydroxylation sites is 1. The van der Waals surface area contributed by atoms with Crippen LogP contribution in [0.4, 0.5) is 0 Å². The topological polar surface area (TPSA) is 25.8 Å². The van der Waals surface area contributed by atoms with E-state index in [9.17, 15) is 0 Å². The summed E-state index contributed by atoms with van der Waals surface area (Å²) in [6.45, 7) is 4.73. The van der Waals surface area contributed by atoms with Crippen LogP contribution in [0.5, 0.6) is 0 Å². The molecule has 9 rings (SSSR count). The second kappa shape index (κ2) is 9.76. The van der Waals surface area contributed by atoms with Crippen molar-refractivity contribution in [3.05, 3.63) is 179 Å². The van der Waals surface area contributed by atoms with Gasteiger partial charge in [0.1, 0.15) is 0 Å². The van der Waals surface area contributed by atoms with Gasteiger partial charge in [-0.15, -0.1) is 0 Å². The van der Waals surface area contributed by atoms with Gasteiger partial charge in [0.25, 0.3) is 0 Å². The van der Waals surface area contributed by atoms with Gasteiger partial charge in [-0.25, -0.2) is 9.97 Å². The van der Waals surface area contributed by atoms with Gasteiger partial charge in [0.2, 0.25) is 0 Å². The van der Waals surface area contributed by atoms with Crippen molar-refractivity contribution in [1.29, 1.82) is 0 Å². The van der Waals surface area contributed by atoms with E-state index < -0.39 is 5.41 Å². The Balaban J connectivity index is 1.40. The molecule has 1 aliphatic carbocycles. The zero-order valence-corrected chi connectivity index (χ0v) is 26.0. The number of rotatable bonds is 2. The van der Waals surface area contributed by atoms with Gasteiger partial charge in [-0.1, -0.05) is 159 Å². The van der Waals surface area contributed by atoms with E-state index in [0.717, 1.165) is 33.5 Å². The summed E-state index contributed by atoms with van der Waals surface area (Å²) < 4.78 is 0. The van der Waals surface area contributed by atoms with Crippen molar-refractivity contribution in [1.82, 2.24) is 9.97 Å². The molecule has 0 N–H and O–H groups in total. The molecule has 0 saturated carbocycles. The molecule has 0 saturated heterocycles. The molecule has 7 aromatic rings. The molecule has 214 valence electrons. The van der Waals surface area contributed by atoms with Gasteiger partial charge >= 0.3 is 0 Å². The van der Waals surface area contributed by atoms with Crippen LogP contribution in [0.2, 0.25) is 0 Å². The summed E-state index contributed by atoms with van der Waals surface area (Å²) in [5, 5.41) is 1.06. The van der Waals surface area contributed by atoms with Crippen LogP contribution in [0, 0.1) is 0 Å². The number of hydrogen-bond donors (Lipinski definition) is 0. The fourth-order valence-electron chi connectivity index (χ4n) is 7.83. The quantitative estimate of drug-likeness (QED) is 0.199. The normalized spacial score (nSPS) is 15.2. The number of benzene rings is 6. The van der Waals surface area contributed by atoms with Crippen molar-refractivity contribution in [2.24, 2.45) is 0 Å². The Kier molecular flexibility index (Phi) is 5.73. The molecule has 0 atom stereocenters. The Morgan fingerprint density at radius 3 is 1.80 bits per heavy atom. The smallest absolute Gasteiger partial charge is 0.161 e. The maximum Gasteiger partial charge on any atom is 0.161 e. The van der Waals surface area contributed by atoms with Crippen LogP contribution in [-0.2, 0) is 10.8 Å². The van der Waals surface area contributed by atoms with Crippen molar-refractivity contribution in [3.63, 3.8) is 0 Å². The zero-order chi connectivity index (χ0) is 30.2. The minimum atomic E-state index is -0.477. The molecule has 0 unspecified atom stereocenters. The van der Waals surface area contributed by atoms with E-state index in [1.54, 1.807) is 0 Å². The summed E-state index contributed by atoms with van der Waals surface area (Å²) in [6, 6.07) is 52.7. The van der Waals surface area contributed by atoms with E-state index in [4.69, 9.17) is 9.97 Å². The Bertz CT molecular complexity index is 2240. The lowest BCUT2D eigenvalue weighted by Crippen LogP contribution is -2.43. The van der Waals surface area contributed by atoms with E-state index >= 15 is 0 Å². The van der Waals surface area contributed by atoms with Gasteiger partial charge in [-0.05, 0) is 45.5 Å². The molecule has 1 aliphatic heterocycles. The van der Waals surface area contributed by atoms with Gasteiger partial charge in [-0.3, -0.25) is 0 Å². The van der Waals surface area contributed by atoms with Gasteiger partial charge < -0.3 is 0 Å². The van der Waals surface area contributed by atoms with Crippen molar-refractivity contribution < 1.29 is 0 Å². The van der Waals surface area contributed by atoms with Crippen LogP contribution < -0.4 is 0 Å². The highest BCUT2D eigenvalue weighted by Crippen LogP contribution is 2.62. The average molecular weight is 595 g/mol. The van der Waals surface area contributed by atoms with Crippen LogP contribution >= 0.6 is 11.8 Å². The number of fused-ring (bicyclic) bond motifs is 9. The van der Waals surface area contributed by atoms with Gasteiger partial charge in [-0.2, -0.15) is 0 Å². The lowest BCUT2D eigenvalue weighted by Gasteiger charge is -2.50. The molecular formula is C42H30N2S. The molecular weight excluding hydrogens is 565 g/mol. The van der Waals surface area contributed by atoms with E-state index in [2.05, 4.69) is 159 Å². The Labute approximate surface area is 267 Å². The molecule has 1 aromatic heterocycles. The number of nitrogens with zero attached hydrogens (tertiary/aromatic N) is 2. The van der Waals surface area contributed by atoms with Crippen molar-refractivity contribution in [2.75, 3.05) is 0 Å².